The van der Waals surface area contributed by atoms with Crippen molar-refractivity contribution in [2.75, 3.05) is 34.4 Å². The third kappa shape index (κ3) is 11.8. The lowest BCUT2D eigenvalue weighted by Gasteiger charge is -2.49. The summed E-state index contributed by atoms with van der Waals surface area (Å²) in [6.45, 7) is 0.0689. The Balaban J connectivity index is 1.56. The molecule has 61 heavy (non-hydrogen) atoms. The summed E-state index contributed by atoms with van der Waals surface area (Å²) in [6, 6.07) is -1.95. The quantitative estimate of drug-likeness (QED) is 0.0745. The molecule has 1 aromatic rings. The van der Waals surface area contributed by atoms with E-state index in [1.807, 2.05) is 4.98 Å². The molecule has 5 rings (SSSR count). The van der Waals surface area contributed by atoms with Crippen LogP contribution in [0.1, 0.15) is 68.8 Å². The number of aliphatic hydroxyl groups is 5. The van der Waals surface area contributed by atoms with Gasteiger partial charge < -0.3 is 80.2 Å². The van der Waals surface area contributed by atoms with Crippen LogP contribution in [0.3, 0.4) is 0 Å². The Hall–Kier alpha value is -3.88. The Bertz CT molecular complexity index is 1750. The van der Waals surface area contributed by atoms with Gasteiger partial charge in [-0.05, 0) is 32.1 Å². The zero-order valence-electron chi connectivity index (χ0n) is 34.5. The van der Waals surface area contributed by atoms with E-state index in [-0.39, 0.29) is 25.2 Å². The van der Waals surface area contributed by atoms with Crippen LogP contribution in [-0.2, 0) is 42.8 Å². The average molecular weight is 873 g/mol. The van der Waals surface area contributed by atoms with Gasteiger partial charge in [0.2, 0.25) is 5.91 Å². The molecule has 0 radical (unpaired) electrons. The maximum atomic E-state index is 13.7. The number of amides is 3. The van der Waals surface area contributed by atoms with E-state index in [2.05, 4.69) is 15.6 Å². The lowest BCUT2D eigenvalue weighted by atomic mass is 9.81. The van der Waals surface area contributed by atoms with Crippen molar-refractivity contribution in [2.45, 2.75) is 144 Å². The summed E-state index contributed by atoms with van der Waals surface area (Å²) in [5, 5.41) is 59.4. The first-order valence-electron chi connectivity index (χ1n) is 20.5. The van der Waals surface area contributed by atoms with Gasteiger partial charge in [-0.1, -0.05) is 32.1 Å². The van der Waals surface area contributed by atoms with E-state index >= 15 is 0 Å². The molecule has 0 aromatic carbocycles. The fraction of sp³-hybridized carbons (Fsp3) is 0.789. The number of nitrogens with two attached hydrogens (primary N) is 1. The lowest BCUT2D eigenvalue weighted by Crippen LogP contribution is -2.68. The van der Waals surface area contributed by atoms with Gasteiger partial charge in [-0.25, -0.2) is 4.79 Å². The first kappa shape index (κ1) is 48.2. The molecular formula is C38H60N6O17. The van der Waals surface area contributed by atoms with Crippen LogP contribution in [0, 0.1) is 11.8 Å². The number of aromatic nitrogens is 2. The Kier molecular flexibility index (Phi) is 16.9. The fourth-order valence-corrected chi connectivity index (χ4v) is 8.48. The summed E-state index contributed by atoms with van der Waals surface area (Å²) in [4.78, 5) is 83.3. The Morgan fingerprint density at radius 1 is 0.918 bits per heavy atom. The number of carbonyl (C=O) groups excluding carboxylic acids is 4. The van der Waals surface area contributed by atoms with Crippen molar-refractivity contribution in [2.24, 2.45) is 17.6 Å². The number of rotatable bonds is 15. The number of likely N-dealkylation sites (N-methyl/N-ethyl adjacent to an activating group) is 1. The van der Waals surface area contributed by atoms with Crippen molar-refractivity contribution >= 4 is 23.7 Å². The van der Waals surface area contributed by atoms with Gasteiger partial charge in [-0.3, -0.25) is 29.0 Å². The number of ether oxygens (including phenoxy) is 6. The summed E-state index contributed by atoms with van der Waals surface area (Å²) in [5.74, 6) is -3.88. The Labute approximate surface area is 350 Å². The summed E-state index contributed by atoms with van der Waals surface area (Å²) in [6.07, 6.45) is -13.7. The van der Waals surface area contributed by atoms with Crippen molar-refractivity contribution < 1.29 is 73.1 Å². The molecule has 0 spiro atoms. The topological polar surface area (TPSA) is 344 Å². The monoisotopic (exact) mass is 872 g/mol. The maximum Gasteiger partial charge on any atom is 0.326 e. The molecule has 2 aliphatic carbocycles. The minimum absolute atomic E-state index is 0.117. The highest BCUT2D eigenvalue weighted by molar-refractivity contribution is 5.92. The number of aromatic amines is 2. The zero-order chi connectivity index (χ0) is 44.7. The van der Waals surface area contributed by atoms with Crippen molar-refractivity contribution in [1.82, 2.24) is 25.5 Å². The summed E-state index contributed by atoms with van der Waals surface area (Å²) in [5.41, 5.74) is 3.34. The molecule has 3 heterocycles. The third-order valence-corrected chi connectivity index (χ3v) is 11.8. The first-order valence-corrected chi connectivity index (χ1v) is 20.5. The van der Waals surface area contributed by atoms with Gasteiger partial charge in [0.05, 0.1) is 44.4 Å². The van der Waals surface area contributed by atoms with E-state index in [0.717, 1.165) is 45.3 Å². The van der Waals surface area contributed by atoms with Crippen molar-refractivity contribution in [1.29, 1.82) is 0 Å². The van der Waals surface area contributed by atoms with Gasteiger partial charge in [0, 0.05) is 20.2 Å². The summed E-state index contributed by atoms with van der Waals surface area (Å²) >= 11 is 0. The van der Waals surface area contributed by atoms with Gasteiger partial charge in [-0.2, -0.15) is 0 Å². The third-order valence-electron chi connectivity index (χ3n) is 11.8. The molecule has 4 aliphatic rings. The smallest absolute Gasteiger partial charge is 0.326 e. The van der Waals surface area contributed by atoms with E-state index in [4.69, 9.17) is 34.2 Å². The van der Waals surface area contributed by atoms with Crippen molar-refractivity contribution in [3.8, 4) is 0 Å². The number of methoxy groups -OCH3 is 1. The SMILES string of the molecule is COC(=O)C1CC(NC(=O)c2cc(=O)[nH]c(=O)[nH]2)C(O[C@@H]2OC(C)[C@@H](O)C(O)C2O)[C@H](O[C@@H]2OC(CO)[C@H](O)C(O[C@@H](CC3CCCCC3)C(=O)N(C)C)C2NC(=O)CN)C1. The molecule has 11 N–H and O–H groups in total. The van der Waals surface area contributed by atoms with E-state index < -0.39 is 145 Å². The number of H-pyrrole nitrogens is 2. The van der Waals surface area contributed by atoms with Gasteiger partial charge in [-0.15, -0.1) is 0 Å². The predicted octanol–water partition coefficient (Wildman–Crippen LogP) is -4.32. The molecular weight excluding hydrogens is 812 g/mol. The molecule has 0 bridgehead atoms. The van der Waals surface area contributed by atoms with E-state index in [0.29, 0.717) is 0 Å². The van der Waals surface area contributed by atoms with E-state index in [1.54, 1.807) is 14.1 Å². The van der Waals surface area contributed by atoms with E-state index in [9.17, 15) is 54.3 Å². The van der Waals surface area contributed by atoms with Gasteiger partial charge in [0.25, 0.3) is 17.4 Å². The normalized spacial score (nSPS) is 35.1. The fourth-order valence-electron chi connectivity index (χ4n) is 8.48. The van der Waals surface area contributed by atoms with Crippen LogP contribution in [-0.4, -0.2) is 184 Å². The lowest BCUT2D eigenvalue weighted by molar-refractivity contribution is -0.335. The molecule has 9 unspecified atom stereocenters. The molecule has 4 fully saturated rings. The molecule has 1 aromatic heterocycles. The number of esters is 1. The zero-order valence-corrected chi connectivity index (χ0v) is 34.5. The molecule has 2 saturated carbocycles. The molecule has 2 aliphatic heterocycles. The van der Waals surface area contributed by atoms with Gasteiger partial charge in [0.1, 0.15) is 60.6 Å². The van der Waals surface area contributed by atoms with Crippen LogP contribution < -0.4 is 27.6 Å². The largest absolute Gasteiger partial charge is 0.469 e. The standard InChI is InChI=1S/C38H60N6O17/c1-16-27(48)29(50)30(51)37(57-16)61-31-19(40-33(52)20-13-24(46)43-38(55)41-20)11-18(35(54)56-4)12-21(31)59-36-26(42-25(47)14-39)32(28(49)23(15-45)60-36)58-22(34(53)44(2)3)10-17-8-6-5-7-9-17/h13,16-19,21-23,26-32,36-37,45,48-51H,5-12,14-15,39H2,1-4H3,(H,40,52)(H,42,47)(H2,41,43,46,55)/t16?,18?,19?,21-,22+,23?,26?,27-,28+,29?,30?,31?,32?,36-,37+/m1/s1. The predicted molar refractivity (Wildman–Crippen MR) is 207 cm³/mol. The number of hydrogen-bond donors (Lipinski definition) is 10. The average Bonchev–Trinajstić information content (AvgIpc) is 3.23. The van der Waals surface area contributed by atoms with Crippen molar-refractivity contribution in [3.63, 3.8) is 0 Å². The summed E-state index contributed by atoms with van der Waals surface area (Å²) in [7, 11) is 4.23. The maximum absolute atomic E-state index is 13.7. The van der Waals surface area contributed by atoms with Crippen LogP contribution in [0.15, 0.2) is 15.7 Å². The molecule has 15 atom stereocenters. The van der Waals surface area contributed by atoms with Crippen LogP contribution in [0.25, 0.3) is 0 Å². The number of carbonyl (C=O) groups is 4. The number of nitrogens with one attached hydrogen (secondary N) is 4. The molecule has 23 nitrogen and oxygen atoms in total. The molecule has 23 heteroatoms. The molecule has 344 valence electrons. The highest BCUT2D eigenvalue weighted by Gasteiger charge is 2.53. The second kappa shape index (κ2) is 21.5. The number of hydrogen-bond acceptors (Lipinski definition) is 18. The Morgan fingerprint density at radius 3 is 2.25 bits per heavy atom. The number of nitrogens with zero attached hydrogens (tertiary/aromatic N) is 1. The van der Waals surface area contributed by atoms with E-state index in [1.165, 1.54) is 11.8 Å². The van der Waals surface area contributed by atoms with Gasteiger partial charge in [0.15, 0.2) is 12.6 Å². The highest BCUT2D eigenvalue weighted by atomic mass is 16.7. The minimum atomic E-state index is -1.87. The number of aliphatic hydroxyl groups excluding tert-OH is 5. The minimum Gasteiger partial charge on any atom is -0.469 e. The van der Waals surface area contributed by atoms with Crippen LogP contribution in [0.5, 0.6) is 0 Å². The second-order valence-electron chi connectivity index (χ2n) is 16.3. The first-order chi connectivity index (χ1) is 28.9. The Morgan fingerprint density at radius 2 is 1.62 bits per heavy atom. The summed E-state index contributed by atoms with van der Waals surface area (Å²) < 4.78 is 36.2. The second-order valence-corrected chi connectivity index (χ2v) is 16.3. The van der Waals surface area contributed by atoms with Crippen LogP contribution in [0.4, 0.5) is 0 Å². The van der Waals surface area contributed by atoms with Crippen LogP contribution >= 0.6 is 0 Å². The molecule has 2 saturated heterocycles. The van der Waals surface area contributed by atoms with Crippen LogP contribution in [0.2, 0.25) is 0 Å². The van der Waals surface area contributed by atoms with Gasteiger partial charge >= 0.3 is 11.7 Å². The van der Waals surface area contributed by atoms with Crippen molar-refractivity contribution in [3.05, 3.63) is 32.6 Å². The molecule has 3 amide bonds. The highest BCUT2D eigenvalue weighted by Crippen LogP contribution is 2.37.